The molecular weight excluding hydrogens is 564 g/mol. The van der Waals surface area contributed by atoms with Crippen molar-refractivity contribution in [2.75, 3.05) is 24.7 Å². The number of hydrogen-bond donors (Lipinski definition) is 1. The zero-order valence-electron chi connectivity index (χ0n) is 22.8. The standard InChI is InChI=1S/C31H29ClN2O6S/c1-4-15-40-21-11-7-18(8-12-21)28(35)26-27(19-9-14-23(38-5-2)24(16-19)39-6-3)34(30(37)29(26)36)31-33-22-13-10-20(32)17-25(22)41-31/h7-14,16-17,27,35H,4-6,15H2,1-3H3. The Bertz CT molecular complexity index is 1630. The molecule has 5 rings (SSSR count). The second kappa shape index (κ2) is 12.2. The number of ether oxygens (including phenoxy) is 3. The number of benzene rings is 3. The Hall–Kier alpha value is -4.08. The number of amides is 1. The van der Waals surface area contributed by atoms with Gasteiger partial charge in [-0.1, -0.05) is 35.9 Å². The third kappa shape index (κ3) is 5.60. The predicted octanol–water partition coefficient (Wildman–Crippen LogP) is 7.16. The van der Waals surface area contributed by atoms with Gasteiger partial charge < -0.3 is 19.3 Å². The number of Topliss-reactive ketones (excluding diaryl/α,β-unsaturated/α-hetero) is 1. The fourth-order valence-corrected chi connectivity index (χ4v) is 5.93. The number of halogens is 1. The van der Waals surface area contributed by atoms with Gasteiger partial charge in [-0.05, 0) is 80.4 Å². The van der Waals surface area contributed by atoms with Crippen molar-refractivity contribution in [3.63, 3.8) is 0 Å². The molecule has 1 fully saturated rings. The molecule has 1 aliphatic rings. The van der Waals surface area contributed by atoms with E-state index in [1.807, 2.05) is 20.8 Å². The van der Waals surface area contributed by atoms with Crippen LogP contribution in [0.3, 0.4) is 0 Å². The Labute approximate surface area is 246 Å². The van der Waals surface area contributed by atoms with Gasteiger partial charge in [-0.25, -0.2) is 4.98 Å². The van der Waals surface area contributed by atoms with Crippen molar-refractivity contribution in [2.24, 2.45) is 0 Å². The SMILES string of the molecule is CCCOc1ccc(C(O)=C2C(=O)C(=O)N(c3nc4ccc(Cl)cc4s3)C2c2ccc(OCC)c(OCC)c2)cc1. The van der Waals surface area contributed by atoms with Crippen LogP contribution in [-0.4, -0.2) is 41.6 Å². The number of rotatable bonds is 10. The number of carbonyl (C=O) groups excluding carboxylic acids is 2. The summed E-state index contributed by atoms with van der Waals surface area (Å²) in [6.07, 6.45) is 0.856. The zero-order chi connectivity index (χ0) is 29.1. The van der Waals surface area contributed by atoms with E-state index in [0.717, 1.165) is 11.1 Å². The lowest BCUT2D eigenvalue weighted by molar-refractivity contribution is -0.132. The molecule has 0 bridgehead atoms. The lowest BCUT2D eigenvalue weighted by Crippen LogP contribution is -2.29. The molecule has 1 N–H and O–H groups in total. The zero-order valence-corrected chi connectivity index (χ0v) is 24.4. The van der Waals surface area contributed by atoms with E-state index in [0.29, 0.717) is 63.9 Å². The highest BCUT2D eigenvalue weighted by Gasteiger charge is 2.48. The molecule has 1 atom stereocenters. The molecule has 41 heavy (non-hydrogen) atoms. The number of hydrogen-bond acceptors (Lipinski definition) is 8. The normalized spacial score (nSPS) is 16.4. The number of anilines is 1. The Balaban J connectivity index is 1.68. The van der Waals surface area contributed by atoms with Crippen molar-refractivity contribution < 1.29 is 28.9 Å². The molecule has 0 spiro atoms. The molecule has 1 aromatic heterocycles. The minimum atomic E-state index is -0.975. The third-order valence-electron chi connectivity index (χ3n) is 6.47. The Morgan fingerprint density at radius 2 is 1.68 bits per heavy atom. The first kappa shape index (κ1) is 28.4. The third-order valence-corrected chi connectivity index (χ3v) is 7.73. The summed E-state index contributed by atoms with van der Waals surface area (Å²) in [6.45, 7) is 7.12. The minimum Gasteiger partial charge on any atom is -0.507 e. The lowest BCUT2D eigenvalue weighted by atomic mass is 9.95. The van der Waals surface area contributed by atoms with Crippen molar-refractivity contribution >= 4 is 55.7 Å². The summed E-state index contributed by atoms with van der Waals surface area (Å²) in [7, 11) is 0. The largest absolute Gasteiger partial charge is 0.507 e. The number of ketones is 1. The number of thiazole rings is 1. The molecule has 1 aliphatic heterocycles. The molecule has 1 saturated heterocycles. The summed E-state index contributed by atoms with van der Waals surface area (Å²) in [5.74, 6) is -0.270. The van der Waals surface area contributed by atoms with Crippen LogP contribution in [0.1, 0.15) is 44.4 Å². The van der Waals surface area contributed by atoms with Gasteiger partial charge in [0.25, 0.3) is 5.78 Å². The number of carbonyl (C=O) groups is 2. The summed E-state index contributed by atoms with van der Waals surface area (Å²) in [6, 6.07) is 16.3. The van der Waals surface area contributed by atoms with E-state index in [-0.39, 0.29) is 11.3 Å². The molecule has 0 radical (unpaired) electrons. The lowest BCUT2D eigenvalue weighted by Gasteiger charge is -2.24. The topological polar surface area (TPSA) is 98.2 Å². The van der Waals surface area contributed by atoms with Crippen molar-refractivity contribution in [3.8, 4) is 17.2 Å². The van der Waals surface area contributed by atoms with Crippen molar-refractivity contribution in [1.29, 1.82) is 0 Å². The smallest absolute Gasteiger partial charge is 0.301 e. The number of aromatic nitrogens is 1. The Morgan fingerprint density at radius 3 is 2.39 bits per heavy atom. The van der Waals surface area contributed by atoms with Gasteiger partial charge in [-0.2, -0.15) is 0 Å². The maximum atomic E-state index is 13.6. The van der Waals surface area contributed by atoms with E-state index in [1.54, 1.807) is 60.7 Å². The number of fused-ring (bicyclic) bond motifs is 1. The molecule has 4 aromatic rings. The van der Waals surface area contributed by atoms with Crippen LogP contribution < -0.4 is 19.1 Å². The van der Waals surface area contributed by atoms with Gasteiger partial charge in [-0.3, -0.25) is 14.5 Å². The fraction of sp³-hybridized carbons (Fsp3) is 0.258. The highest BCUT2D eigenvalue weighted by Crippen LogP contribution is 2.46. The average Bonchev–Trinajstić information content (AvgIpc) is 3.50. The summed E-state index contributed by atoms with van der Waals surface area (Å²) < 4.78 is 18.0. The maximum Gasteiger partial charge on any atom is 0.301 e. The monoisotopic (exact) mass is 592 g/mol. The van der Waals surface area contributed by atoms with Crippen LogP contribution in [0.25, 0.3) is 16.0 Å². The van der Waals surface area contributed by atoms with Crippen LogP contribution >= 0.6 is 22.9 Å². The van der Waals surface area contributed by atoms with Gasteiger partial charge in [0.15, 0.2) is 16.6 Å². The first-order chi connectivity index (χ1) is 19.9. The van der Waals surface area contributed by atoms with E-state index in [4.69, 9.17) is 25.8 Å². The van der Waals surface area contributed by atoms with Crippen LogP contribution in [0.4, 0.5) is 5.13 Å². The molecule has 0 saturated carbocycles. The van der Waals surface area contributed by atoms with Crippen LogP contribution in [-0.2, 0) is 9.59 Å². The van der Waals surface area contributed by atoms with Gasteiger partial charge >= 0.3 is 5.91 Å². The first-order valence-electron chi connectivity index (χ1n) is 13.4. The molecule has 1 unspecified atom stereocenters. The van der Waals surface area contributed by atoms with E-state index in [9.17, 15) is 14.7 Å². The predicted molar refractivity (Wildman–Crippen MR) is 160 cm³/mol. The molecule has 212 valence electrons. The van der Waals surface area contributed by atoms with E-state index in [1.165, 1.54) is 16.2 Å². The Kier molecular flexibility index (Phi) is 8.46. The summed E-state index contributed by atoms with van der Waals surface area (Å²) in [5, 5.41) is 12.4. The number of aliphatic hydroxyl groups excluding tert-OH is 1. The quantitative estimate of drug-likeness (QED) is 0.118. The van der Waals surface area contributed by atoms with Gasteiger partial charge in [-0.15, -0.1) is 0 Å². The summed E-state index contributed by atoms with van der Waals surface area (Å²) in [4.78, 5) is 33.2. The second-order valence-corrected chi connectivity index (χ2v) is 10.7. The second-order valence-electron chi connectivity index (χ2n) is 9.22. The maximum absolute atomic E-state index is 13.6. The van der Waals surface area contributed by atoms with E-state index < -0.39 is 17.7 Å². The van der Waals surface area contributed by atoms with Crippen molar-refractivity contribution in [3.05, 3.63) is 82.4 Å². The molecule has 1 amide bonds. The summed E-state index contributed by atoms with van der Waals surface area (Å²) >= 11 is 7.43. The van der Waals surface area contributed by atoms with Crippen LogP contribution in [0.15, 0.2) is 66.2 Å². The molecule has 3 aromatic carbocycles. The molecule has 8 nitrogen and oxygen atoms in total. The molecular formula is C31H29ClN2O6S. The van der Waals surface area contributed by atoms with Crippen LogP contribution in [0.2, 0.25) is 5.02 Å². The van der Waals surface area contributed by atoms with Crippen molar-refractivity contribution in [2.45, 2.75) is 33.2 Å². The molecule has 10 heteroatoms. The minimum absolute atomic E-state index is 0.0545. The highest BCUT2D eigenvalue weighted by atomic mass is 35.5. The van der Waals surface area contributed by atoms with Gasteiger partial charge in [0.1, 0.15) is 11.5 Å². The van der Waals surface area contributed by atoms with Crippen LogP contribution in [0.5, 0.6) is 17.2 Å². The molecule has 0 aliphatic carbocycles. The highest BCUT2D eigenvalue weighted by molar-refractivity contribution is 7.22. The summed E-state index contributed by atoms with van der Waals surface area (Å²) in [5.41, 5.74) is 1.52. The van der Waals surface area contributed by atoms with Crippen LogP contribution in [0, 0.1) is 0 Å². The van der Waals surface area contributed by atoms with Gasteiger partial charge in [0.2, 0.25) is 0 Å². The van der Waals surface area contributed by atoms with Crippen molar-refractivity contribution in [1.82, 2.24) is 4.98 Å². The van der Waals surface area contributed by atoms with E-state index >= 15 is 0 Å². The first-order valence-corrected chi connectivity index (χ1v) is 14.6. The number of aliphatic hydroxyl groups is 1. The average molecular weight is 593 g/mol. The van der Waals surface area contributed by atoms with Gasteiger partial charge in [0, 0.05) is 10.6 Å². The number of nitrogens with zero attached hydrogens (tertiary/aromatic N) is 2. The molecule has 2 heterocycles. The fourth-order valence-electron chi connectivity index (χ4n) is 4.66. The van der Waals surface area contributed by atoms with E-state index in [2.05, 4.69) is 4.98 Å². The Morgan fingerprint density at radius 1 is 0.951 bits per heavy atom. The van der Waals surface area contributed by atoms with Gasteiger partial charge in [0.05, 0.1) is 41.7 Å².